The van der Waals surface area contributed by atoms with Crippen molar-refractivity contribution in [1.82, 2.24) is 10.3 Å². The van der Waals surface area contributed by atoms with Crippen LogP contribution in [0.3, 0.4) is 0 Å². The van der Waals surface area contributed by atoms with Crippen molar-refractivity contribution in [2.45, 2.75) is 6.10 Å². The molecule has 6 heteroatoms. The third kappa shape index (κ3) is 2.28. The normalized spacial score (nSPS) is 21.2. The second kappa shape index (κ2) is 4.33. The number of hydrogen-bond acceptors (Lipinski definition) is 5. The van der Waals surface area contributed by atoms with Gasteiger partial charge in [-0.05, 0) is 16.0 Å². The molecule has 1 aromatic rings. The summed E-state index contributed by atoms with van der Waals surface area (Å²) in [5, 5.41) is 13.6. The van der Waals surface area contributed by atoms with Crippen molar-refractivity contribution >= 4 is 5.82 Å². The first-order valence-electron chi connectivity index (χ1n) is 4.70. The van der Waals surface area contributed by atoms with E-state index in [0.717, 1.165) is 18.7 Å². The number of rotatable bonds is 2. The average Bonchev–Trinajstić information content (AvgIpc) is 2.30. The summed E-state index contributed by atoms with van der Waals surface area (Å²) in [5.41, 5.74) is 0.868. The first kappa shape index (κ1) is 10.0. The monoisotopic (exact) mass is 209 g/mol. The third-order valence-electron chi connectivity index (χ3n) is 2.26. The summed E-state index contributed by atoms with van der Waals surface area (Å²) in [6.07, 6.45) is 1.45. The first-order chi connectivity index (χ1) is 7.27. The standard InChI is InChI=1S/C9H11N3O3/c13-12(14)9-2-1-7(5-11-9)8-6-10-3-4-15-8/h1-2,5,8,10H,3-4,6H2. The number of nitrogens with zero attached hydrogens (tertiary/aromatic N) is 2. The molecule has 1 aromatic heterocycles. The van der Waals surface area contributed by atoms with Crippen molar-refractivity contribution in [3.05, 3.63) is 34.0 Å². The lowest BCUT2D eigenvalue weighted by Gasteiger charge is -2.22. The van der Waals surface area contributed by atoms with E-state index < -0.39 is 4.92 Å². The van der Waals surface area contributed by atoms with Gasteiger partial charge in [0, 0.05) is 24.7 Å². The molecule has 1 unspecified atom stereocenters. The molecule has 0 aliphatic carbocycles. The van der Waals surface area contributed by atoms with Crippen LogP contribution >= 0.6 is 0 Å². The maximum Gasteiger partial charge on any atom is 0.363 e. The lowest BCUT2D eigenvalue weighted by atomic mass is 10.1. The number of aromatic nitrogens is 1. The van der Waals surface area contributed by atoms with Gasteiger partial charge in [-0.1, -0.05) is 0 Å². The van der Waals surface area contributed by atoms with Gasteiger partial charge in [-0.3, -0.25) is 0 Å². The van der Waals surface area contributed by atoms with Crippen LogP contribution in [0.1, 0.15) is 11.7 Å². The average molecular weight is 209 g/mol. The van der Waals surface area contributed by atoms with Gasteiger partial charge in [0.2, 0.25) is 0 Å². The quantitative estimate of drug-likeness (QED) is 0.571. The van der Waals surface area contributed by atoms with E-state index in [9.17, 15) is 10.1 Å². The maximum absolute atomic E-state index is 10.4. The number of morpholine rings is 1. The van der Waals surface area contributed by atoms with Gasteiger partial charge in [0.05, 0.1) is 12.7 Å². The number of nitrogens with one attached hydrogen (secondary N) is 1. The van der Waals surface area contributed by atoms with Crippen LogP contribution in [0.15, 0.2) is 18.3 Å². The Hall–Kier alpha value is -1.53. The highest BCUT2D eigenvalue weighted by Gasteiger charge is 2.18. The molecule has 1 N–H and O–H groups in total. The van der Waals surface area contributed by atoms with E-state index in [-0.39, 0.29) is 11.9 Å². The van der Waals surface area contributed by atoms with Crippen LogP contribution in [0, 0.1) is 10.1 Å². The van der Waals surface area contributed by atoms with E-state index in [4.69, 9.17) is 4.74 Å². The fourth-order valence-electron chi connectivity index (χ4n) is 1.48. The summed E-state index contributed by atoms with van der Waals surface area (Å²) < 4.78 is 5.49. The molecular weight excluding hydrogens is 198 g/mol. The fourth-order valence-corrected chi connectivity index (χ4v) is 1.48. The first-order valence-corrected chi connectivity index (χ1v) is 4.70. The molecule has 0 amide bonds. The zero-order valence-corrected chi connectivity index (χ0v) is 8.05. The summed E-state index contributed by atoms with van der Waals surface area (Å²) >= 11 is 0. The van der Waals surface area contributed by atoms with Crippen LogP contribution in [-0.2, 0) is 4.74 Å². The number of nitro groups is 1. The van der Waals surface area contributed by atoms with Crippen LogP contribution in [-0.4, -0.2) is 29.6 Å². The van der Waals surface area contributed by atoms with Crippen molar-refractivity contribution < 1.29 is 9.66 Å². The van der Waals surface area contributed by atoms with Gasteiger partial charge >= 0.3 is 5.82 Å². The predicted octanol–water partition coefficient (Wildman–Crippen LogP) is 0.651. The van der Waals surface area contributed by atoms with Gasteiger partial charge in [0.25, 0.3) is 0 Å². The summed E-state index contributed by atoms with van der Waals surface area (Å²) in [6, 6.07) is 3.08. The van der Waals surface area contributed by atoms with Crippen LogP contribution in [0.2, 0.25) is 0 Å². The Morgan fingerprint density at radius 2 is 2.47 bits per heavy atom. The number of pyridine rings is 1. The Balaban J connectivity index is 2.11. The van der Waals surface area contributed by atoms with E-state index in [1.165, 1.54) is 12.3 Å². The van der Waals surface area contributed by atoms with Crippen LogP contribution in [0.5, 0.6) is 0 Å². The zero-order chi connectivity index (χ0) is 10.7. The van der Waals surface area contributed by atoms with Gasteiger partial charge < -0.3 is 20.2 Å². The lowest BCUT2D eigenvalue weighted by Crippen LogP contribution is -2.33. The molecule has 0 aromatic carbocycles. The molecule has 15 heavy (non-hydrogen) atoms. The van der Waals surface area contributed by atoms with Crippen molar-refractivity contribution in [1.29, 1.82) is 0 Å². The SMILES string of the molecule is O=[N+]([O-])c1ccc(C2CNCCO2)cn1. The van der Waals surface area contributed by atoms with E-state index >= 15 is 0 Å². The Bertz CT molecular complexity index is 346. The van der Waals surface area contributed by atoms with Crippen molar-refractivity contribution in [3.8, 4) is 0 Å². The molecule has 1 fully saturated rings. The van der Waals surface area contributed by atoms with Gasteiger partial charge in [-0.2, -0.15) is 0 Å². The Labute approximate surface area is 86.4 Å². The van der Waals surface area contributed by atoms with E-state index in [2.05, 4.69) is 10.3 Å². The Morgan fingerprint density at radius 1 is 1.60 bits per heavy atom. The summed E-state index contributed by atoms with van der Waals surface area (Å²) in [4.78, 5) is 13.6. The van der Waals surface area contributed by atoms with Crippen LogP contribution in [0.25, 0.3) is 0 Å². The summed E-state index contributed by atoms with van der Waals surface area (Å²) in [7, 11) is 0. The molecule has 2 rings (SSSR count). The third-order valence-corrected chi connectivity index (χ3v) is 2.26. The molecule has 0 radical (unpaired) electrons. The molecule has 0 saturated carbocycles. The minimum Gasteiger partial charge on any atom is -0.371 e. The van der Waals surface area contributed by atoms with Crippen molar-refractivity contribution in [2.75, 3.05) is 19.7 Å². The molecular formula is C9H11N3O3. The molecule has 80 valence electrons. The number of hydrogen-bond donors (Lipinski definition) is 1. The second-order valence-corrected chi connectivity index (χ2v) is 3.27. The minimum atomic E-state index is -0.510. The van der Waals surface area contributed by atoms with Crippen molar-refractivity contribution in [2.24, 2.45) is 0 Å². The van der Waals surface area contributed by atoms with E-state index in [1.807, 2.05) is 0 Å². The highest BCUT2D eigenvalue weighted by atomic mass is 16.6. The predicted molar refractivity (Wildman–Crippen MR) is 52.5 cm³/mol. The second-order valence-electron chi connectivity index (χ2n) is 3.27. The topological polar surface area (TPSA) is 77.3 Å². The Kier molecular flexibility index (Phi) is 2.89. The molecule has 1 aliphatic rings. The molecule has 6 nitrogen and oxygen atoms in total. The molecule has 1 atom stereocenters. The van der Waals surface area contributed by atoms with E-state index in [0.29, 0.717) is 6.61 Å². The zero-order valence-electron chi connectivity index (χ0n) is 8.05. The fraction of sp³-hybridized carbons (Fsp3) is 0.444. The lowest BCUT2D eigenvalue weighted by molar-refractivity contribution is -0.389. The van der Waals surface area contributed by atoms with Crippen molar-refractivity contribution in [3.63, 3.8) is 0 Å². The van der Waals surface area contributed by atoms with Gasteiger partial charge in [-0.15, -0.1) is 0 Å². The van der Waals surface area contributed by atoms with Crippen LogP contribution in [0.4, 0.5) is 5.82 Å². The maximum atomic E-state index is 10.4. The molecule has 0 bridgehead atoms. The smallest absolute Gasteiger partial charge is 0.363 e. The van der Waals surface area contributed by atoms with Crippen LogP contribution < -0.4 is 5.32 Å². The van der Waals surface area contributed by atoms with Gasteiger partial charge in [0.15, 0.2) is 0 Å². The van der Waals surface area contributed by atoms with E-state index in [1.54, 1.807) is 6.07 Å². The molecule has 1 aliphatic heterocycles. The number of ether oxygens (including phenoxy) is 1. The molecule has 0 spiro atoms. The van der Waals surface area contributed by atoms with Gasteiger partial charge in [0.1, 0.15) is 6.20 Å². The summed E-state index contributed by atoms with van der Waals surface area (Å²) in [5.74, 6) is -0.137. The molecule has 1 saturated heterocycles. The highest BCUT2D eigenvalue weighted by Crippen LogP contribution is 2.19. The Morgan fingerprint density at radius 3 is 3.00 bits per heavy atom. The summed E-state index contributed by atoms with van der Waals surface area (Å²) in [6.45, 7) is 2.22. The largest absolute Gasteiger partial charge is 0.371 e. The molecule has 2 heterocycles. The highest BCUT2D eigenvalue weighted by molar-refractivity contribution is 5.24. The van der Waals surface area contributed by atoms with Gasteiger partial charge in [-0.25, -0.2) is 0 Å². The minimum absolute atomic E-state index is 0.0490.